The number of hydrogen-bond donors (Lipinski definition) is 1. The minimum Gasteiger partial charge on any atom is -0.493 e. The van der Waals surface area contributed by atoms with Crippen molar-refractivity contribution >= 4 is 11.8 Å². The molecule has 3 aromatic carbocycles. The van der Waals surface area contributed by atoms with Gasteiger partial charge >= 0.3 is 0 Å². The van der Waals surface area contributed by atoms with Gasteiger partial charge in [0.1, 0.15) is 6.61 Å². The second kappa shape index (κ2) is 13.9. The van der Waals surface area contributed by atoms with E-state index in [0.717, 1.165) is 43.5 Å². The van der Waals surface area contributed by atoms with Crippen molar-refractivity contribution in [1.29, 1.82) is 0 Å². The lowest BCUT2D eigenvalue weighted by atomic mass is 9.94. The van der Waals surface area contributed by atoms with Crippen molar-refractivity contribution in [3.8, 4) is 11.5 Å². The molecule has 1 aliphatic carbocycles. The summed E-state index contributed by atoms with van der Waals surface area (Å²) < 4.78 is 11.7. The zero-order valence-electron chi connectivity index (χ0n) is 25.0. The molecule has 0 aromatic heterocycles. The van der Waals surface area contributed by atoms with Gasteiger partial charge in [-0.05, 0) is 74.9 Å². The third-order valence-electron chi connectivity index (χ3n) is 8.33. The van der Waals surface area contributed by atoms with Crippen molar-refractivity contribution in [3.63, 3.8) is 0 Å². The van der Waals surface area contributed by atoms with E-state index in [-0.39, 0.29) is 35.9 Å². The van der Waals surface area contributed by atoms with Gasteiger partial charge in [0.15, 0.2) is 11.5 Å². The molecule has 0 radical (unpaired) electrons. The number of ether oxygens (including phenoxy) is 2. The van der Waals surface area contributed by atoms with Gasteiger partial charge in [0.05, 0.1) is 19.6 Å². The summed E-state index contributed by atoms with van der Waals surface area (Å²) in [4.78, 5) is 32.1. The van der Waals surface area contributed by atoms with E-state index in [1.165, 1.54) is 0 Å². The topological polar surface area (TPSA) is 71.1 Å². The Kier molecular flexibility index (Phi) is 9.80. The van der Waals surface area contributed by atoms with Gasteiger partial charge in [-0.3, -0.25) is 9.59 Å². The molecule has 1 heterocycles. The first-order valence-corrected chi connectivity index (χ1v) is 15.2. The van der Waals surface area contributed by atoms with Gasteiger partial charge in [-0.15, -0.1) is 0 Å². The number of methoxy groups -OCH3 is 1. The van der Waals surface area contributed by atoms with E-state index < -0.39 is 0 Å². The lowest BCUT2D eigenvalue weighted by Gasteiger charge is -2.41. The number of rotatable bonds is 13. The second-order valence-electron chi connectivity index (χ2n) is 11.7. The quantitative estimate of drug-likeness (QED) is 0.301. The van der Waals surface area contributed by atoms with Gasteiger partial charge in [-0.2, -0.15) is 0 Å². The normalized spacial score (nSPS) is 17.1. The van der Waals surface area contributed by atoms with Gasteiger partial charge in [-0.25, -0.2) is 0 Å². The summed E-state index contributed by atoms with van der Waals surface area (Å²) in [5.74, 6) is 1.46. The summed E-state index contributed by atoms with van der Waals surface area (Å²) in [5.41, 5.74) is 2.61. The van der Waals surface area contributed by atoms with Crippen molar-refractivity contribution in [3.05, 3.63) is 95.6 Å². The van der Waals surface area contributed by atoms with Crippen molar-refractivity contribution in [2.45, 2.75) is 64.3 Å². The third-order valence-corrected chi connectivity index (χ3v) is 8.33. The fourth-order valence-corrected chi connectivity index (χ4v) is 5.96. The maximum Gasteiger partial charge on any atom is 0.254 e. The molecule has 0 unspecified atom stereocenters. The van der Waals surface area contributed by atoms with Gasteiger partial charge in [0.2, 0.25) is 5.91 Å². The Balaban J connectivity index is 1.40. The Bertz CT molecular complexity index is 1320. The van der Waals surface area contributed by atoms with Gasteiger partial charge < -0.3 is 24.6 Å². The maximum absolute atomic E-state index is 14.3. The van der Waals surface area contributed by atoms with E-state index in [2.05, 4.69) is 24.1 Å². The van der Waals surface area contributed by atoms with Crippen LogP contribution in [0, 0.1) is 5.92 Å². The number of hydrogen-bond acceptors (Lipinski definition) is 5. The molecular weight excluding hydrogens is 526 g/mol. The van der Waals surface area contributed by atoms with Crippen LogP contribution >= 0.6 is 0 Å². The first kappa shape index (κ1) is 29.6. The Hall–Kier alpha value is -3.84. The molecule has 2 fully saturated rings. The molecule has 2 aliphatic rings. The van der Waals surface area contributed by atoms with Crippen molar-refractivity contribution < 1.29 is 19.1 Å². The average molecular weight is 570 g/mol. The highest BCUT2D eigenvalue weighted by Crippen LogP contribution is 2.33. The predicted molar refractivity (Wildman–Crippen MR) is 165 cm³/mol. The van der Waals surface area contributed by atoms with Crippen LogP contribution in [0.25, 0.3) is 0 Å². The molecule has 7 nitrogen and oxygen atoms in total. The van der Waals surface area contributed by atoms with Crippen LogP contribution in [-0.2, 0) is 17.8 Å². The van der Waals surface area contributed by atoms with Gasteiger partial charge in [-0.1, -0.05) is 60.7 Å². The van der Waals surface area contributed by atoms with Gasteiger partial charge in [0, 0.05) is 30.7 Å². The van der Waals surface area contributed by atoms with E-state index in [9.17, 15) is 9.59 Å². The van der Waals surface area contributed by atoms with E-state index in [0.29, 0.717) is 36.6 Å². The first-order valence-electron chi connectivity index (χ1n) is 15.2. The molecular formula is C35H43N3O4. The number of amides is 2. The fourth-order valence-electron chi connectivity index (χ4n) is 5.96. The molecule has 1 N–H and O–H groups in total. The number of carbonyl (C=O) groups excluding carboxylic acids is 2. The highest BCUT2D eigenvalue weighted by atomic mass is 16.5. The number of nitrogens with zero attached hydrogens (tertiary/aromatic N) is 2. The zero-order valence-corrected chi connectivity index (χ0v) is 25.0. The molecule has 0 bridgehead atoms. The summed E-state index contributed by atoms with van der Waals surface area (Å²) in [6.45, 7) is 6.80. The average Bonchev–Trinajstić information content (AvgIpc) is 3.70. The summed E-state index contributed by atoms with van der Waals surface area (Å²) in [7, 11) is 1.61. The van der Waals surface area contributed by atoms with Crippen LogP contribution in [0.4, 0.5) is 0 Å². The molecule has 2 atom stereocenters. The maximum atomic E-state index is 14.3. The third kappa shape index (κ3) is 7.32. The molecule has 222 valence electrons. The zero-order chi connectivity index (χ0) is 29.5. The van der Waals surface area contributed by atoms with Crippen molar-refractivity contribution in [2.24, 2.45) is 5.92 Å². The summed E-state index contributed by atoms with van der Waals surface area (Å²) >= 11 is 0. The van der Waals surface area contributed by atoms with Crippen LogP contribution in [0.15, 0.2) is 78.9 Å². The Labute approximate surface area is 249 Å². The van der Waals surface area contributed by atoms with E-state index in [4.69, 9.17) is 9.47 Å². The van der Waals surface area contributed by atoms with Crippen LogP contribution < -0.4 is 14.8 Å². The highest BCUT2D eigenvalue weighted by Gasteiger charge is 2.40. The van der Waals surface area contributed by atoms with Crippen molar-refractivity contribution in [1.82, 2.24) is 15.1 Å². The summed E-state index contributed by atoms with van der Waals surface area (Å²) in [6, 6.07) is 25.4. The SMILES string of the molecule is COc1ccc(C(=O)N(C(C)C)[C@H](CN(C(=O)Cc2ccccc2)C2CC2)[C@H]2CCNC2)cc1OCc1ccccc1. The molecule has 7 heteroatoms. The van der Waals surface area contributed by atoms with E-state index in [1.807, 2.05) is 71.6 Å². The Morgan fingerprint density at radius 3 is 2.19 bits per heavy atom. The monoisotopic (exact) mass is 569 g/mol. The van der Waals surface area contributed by atoms with E-state index >= 15 is 0 Å². The molecule has 1 saturated heterocycles. The standard InChI is InChI=1S/C35H43N3O4/c1-25(2)38(35(40)28-14-17-32(41-3)33(21-28)42-24-27-12-8-5-9-13-27)31(29-18-19-36-22-29)23-37(30-15-16-30)34(39)20-26-10-6-4-7-11-26/h4-14,17,21,25,29-31,36H,15-16,18-20,22-24H2,1-3H3/t29-,31+/m0/s1. The lowest BCUT2D eigenvalue weighted by Crippen LogP contribution is -2.55. The Morgan fingerprint density at radius 2 is 1.60 bits per heavy atom. The minimum absolute atomic E-state index is 0.0517. The minimum atomic E-state index is -0.108. The second-order valence-corrected chi connectivity index (χ2v) is 11.7. The first-order chi connectivity index (χ1) is 20.4. The molecule has 2 amide bonds. The Morgan fingerprint density at radius 1 is 0.905 bits per heavy atom. The molecule has 0 spiro atoms. The van der Waals surface area contributed by atoms with Crippen LogP contribution in [0.3, 0.4) is 0 Å². The largest absolute Gasteiger partial charge is 0.493 e. The molecule has 42 heavy (non-hydrogen) atoms. The number of benzene rings is 3. The molecule has 3 aromatic rings. The van der Waals surface area contributed by atoms with Crippen LogP contribution in [0.2, 0.25) is 0 Å². The van der Waals surface area contributed by atoms with Gasteiger partial charge in [0.25, 0.3) is 5.91 Å². The van der Waals surface area contributed by atoms with Crippen LogP contribution in [0.1, 0.15) is 54.6 Å². The van der Waals surface area contributed by atoms with Crippen LogP contribution in [0.5, 0.6) is 11.5 Å². The number of nitrogens with one attached hydrogen (secondary N) is 1. The van der Waals surface area contributed by atoms with Crippen LogP contribution in [-0.4, -0.2) is 66.5 Å². The fraction of sp³-hybridized carbons (Fsp3) is 0.429. The lowest BCUT2D eigenvalue weighted by molar-refractivity contribution is -0.132. The van der Waals surface area contributed by atoms with E-state index in [1.54, 1.807) is 19.2 Å². The smallest absolute Gasteiger partial charge is 0.254 e. The highest BCUT2D eigenvalue weighted by molar-refractivity contribution is 5.95. The summed E-state index contributed by atoms with van der Waals surface area (Å²) in [6.07, 6.45) is 3.39. The molecule has 1 saturated carbocycles. The predicted octanol–water partition coefficient (Wildman–Crippen LogP) is 5.34. The number of carbonyl (C=O) groups is 2. The van der Waals surface area contributed by atoms with Crippen molar-refractivity contribution in [2.75, 3.05) is 26.7 Å². The summed E-state index contributed by atoms with van der Waals surface area (Å²) in [5, 5.41) is 3.49. The molecule has 1 aliphatic heterocycles. The molecule has 5 rings (SSSR count).